The van der Waals surface area contributed by atoms with Crippen LogP contribution in [0.1, 0.15) is 31.1 Å². The van der Waals surface area contributed by atoms with Crippen molar-refractivity contribution in [1.29, 1.82) is 0 Å². The maximum absolute atomic E-state index is 12.2. The lowest BCUT2D eigenvalue weighted by Crippen LogP contribution is -2.47. The van der Waals surface area contributed by atoms with E-state index in [4.69, 9.17) is 4.74 Å². The van der Waals surface area contributed by atoms with Crippen molar-refractivity contribution >= 4 is 21.4 Å². The Hall–Kier alpha value is -0.470. The predicted molar refractivity (Wildman–Crippen MR) is 80.5 cm³/mol. The number of methoxy groups -OCH3 is 1. The lowest BCUT2D eigenvalue weighted by molar-refractivity contribution is 0.0236. The first-order valence-electron chi connectivity index (χ1n) is 6.89. The van der Waals surface area contributed by atoms with Gasteiger partial charge in [-0.15, -0.1) is 11.3 Å². The van der Waals surface area contributed by atoms with E-state index in [-0.39, 0.29) is 12.1 Å². The summed E-state index contributed by atoms with van der Waals surface area (Å²) in [6, 6.07) is 3.57. The molecular formula is C13H22N2O3S2. The zero-order valence-corrected chi connectivity index (χ0v) is 13.5. The standard InChI is InChI=1S/C13H22N2O3S2/c1-3-6-14-9-12-4-5-13(19-12)20(16,17)15-10-7-11(8-10)18-2/h4-5,10-11,14-15H,3,6-9H2,1-2H3. The molecule has 1 aliphatic carbocycles. The highest BCUT2D eigenvalue weighted by atomic mass is 32.2. The molecule has 0 aromatic carbocycles. The molecule has 7 heteroatoms. The molecule has 0 radical (unpaired) electrons. The van der Waals surface area contributed by atoms with Crippen molar-refractivity contribution in [2.75, 3.05) is 13.7 Å². The largest absolute Gasteiger partial charge is 0.381 e. The van der Waals surface area contributed by atoms with Crippen LogP contribution in [-0.4, -0.2) is 34.2 Å². The second-order valence-electron chi connectivity index (χ2n) is 5.04. The topological polar surface area (TPSA) is 67.4 Å². The molecule has 5 nitrogen and oxygen atoms in total. The molecule has 1 fully saturated rings. The van der Waals surface area contributed by atoms with Crippen molar-refractivity contribution in [3.63, 3.8) is 0 Å². The molecule has 0 saturated heterocycles. The Morgan fingerprint density at radius 3 is 2.80 bits per heavy atom. The molecule has 114 valence electrons. The molecule has 1 saturated carbocycles. The van der Waals surface area contributed by atoms with Gasteiger partial charge in [0, 0.05) is 24.6 Å². The fraction of sp³-hybridized carbons (Fsp3) is 0.692. The third kappa shape index (κ3) is 4.02. The van der Waals surface area contributed by atoms with Gasteiger partial charge in [0.2, 0.25) is 10.0 Å². The van der Waals surface area contributed by atoms with E-state index in [1.54, 1.807) is 13.2 Å². The van der Waals surface area contributed by atoms with E-state index in [9.17, 15) is 8.42 Å². The van der Waals surface area contributed by atoms with Gasteiger partial charge in [-0.3, -0.25) is 0 Å². The zero-order chi connectivity index (χ0) is 14.6. The molecule has 1 aromatic heterocycles. The number of thiophene rings is 1. The van der Waals surface area contributed by atoms with Gasteiger partial charge in [-0.25, -0.2) is 13.1 Å². The van der Waals surface area contributed by atoms with Crippen LogP contribution in [0.4, 0.5) is 0 Å². The Bertz CT molecular complexity index is 521. The van der Waals surface area contributed by atoms with Gasteiger partial charge >= 0.3 is 0 Å². The van der Waals surface area contributed by atoms with Gasteiger partial charge in [0.05, 0.1) is 6.10 Å². The van der Waals surface area contributed by atoms with Crippen molar-refractivity contribution in [3.05, 3.63) is 17.0 Å². The van der Waals surface area contributed by atoms with E-state index in [0.29, 0.717) is 4.21 Å². The summed E-state index contributed by atoms with van der Waals surface area (Å²) < 4.78 is 32.7. The summed E-state index contributed by atoms with van der Waals surface area (Å²) in [7, 11) is -1.72. The summed E-state index contributed by atoms with van der Waals surface area (Å²) in [6.07, 6.45) is 2.78. The van der Waals surface area contributed by atoms with Crippen LogP contribution in [0.2, 0.25) is 0 Å². The predicted octanol–water partition coefficient (Wildman–Crippen LogP) is 1.70. The van der Waals surface area contributed by atoms with E-state index in [1.807, 2.05) is 6.07 Å². The molecule has 20 heavy (non-hydrogen) atoms. The Morgan fingerprint density at radius 2 is 2.15 bits per heavy atom. The molecule has 1 heterocycles. The monoisotopic (exact) mass is 318 g/mol. The maximum Gasteiger partial charge on any atom is 0.250 e. The minimum absolute atomic E-state index is 0.00807. The highest BCUT2D eigenvalue weighted by Crippen LogP contribution is 2.27. The van der Waals surface area contributed by atoms with E-state index < -0.39 is 10.0 Å². The van der Waals surface area contributed by atoms with Crippen LogP contribution in [0.25, 0.3) is 0 Å². The Morgan fingerprint density at radius 1 is 1.40 bits per heavy atom. The second-order valence-corrected chi connectivity index (χ2v) is 8.15. The first-order valence-corrected chi connectivity index (χ1v) is 9.19. The first kappa shape index (κ1) is 15.9. The molecule has 2 rings (SSSR count). The van der Waals surface area contributed by atoms with Crippen LogP contribution in [0.5, 0.6) is 0 Å². The van der Waals surface area contributed by atoms with Crippen LogP contribution in [0.3, 0.4) is 0 Å². The Balaban J connectivity index is 1.89. The van der Waals surface area contributed by atoms with Gasteiger partial charge in [-0.2, -0.15) is 0 Å². The van der Waals surface area contributed by atoms with Crippen molar-refractivity contribution in [1.82, 2.24) is 10.0 Å². The quantitative estimate of drug-likeness (QED) is 0.716. The van der Waals surface area contributed by atoms with Crippen LogP contribution >= 0.6 is 11.3 Å². The third-order valence-corrected chi connectivity index (χ3v) is 6.48. The number of rotatable bonds is 8. The average molecular weight is 318 g/mol. The first-order chi connectivity index (χ1) is 9.55. The molecule has 2 N–H and O–H groups in total. The molecule has 1 aliphatic rings. The maximum atomic E-state index is 12.2. The van der Waals surface area contributed by atoms with Crippen molar-refractivity contribution < 1.29 is 13.2 Å². The Labute approximate surface area is 124 Å². The molecule has 0 bridgehead atoms. The zero-order valence-electron chi connectivity index (χ0n) is 11.9. The molecular weight excluding hydrogens is 296 g/mol. The fourth-order valence-corrected chi connectivity index (χ4v) is 4.72. The highest BCUT2D eigenvalue weighted by Gasteiger charge is 2.33. The summed E-state index contributed by atoms with van der Waals surface area (Å²) in [5.74, 6) is 0. The average Bonchev–Trinajstić information content (AvgIpc) is 2.83. The lowest BCUT2D eigenvalue weighted by atomic mass is 9.90. The van der Waals surface area contributed by atoms with Gasteiger partial charge in [0.25, 0.3) is 0 Å². The molecule has 0 aliphatic heterocycles. The van der Waals surface area contributed by atoms with Crippen molar-refractivity contribution in [2.24, 2.45) is 0 Å². The van der Waals surface area contributed by atoms with E-state index in [2.05, 4.69) is 17.0 Å². The second kappa shape index (κ2) is 7.00. The summed E-state index contributed by atoms with van der Waals surface area (Å²) in [5.41, 5.74) is 0. The molecule has 0 atom stereocenters. The SMILES string of the molecule is CCCNCc1ccc(S(=O)(=O)NC2CC(OC)C2)s1. The van der Waals surface area contributed by atoms with Gasteiger partial charge < -0.3 is 10.1 Å². The molecule has 0 unspecified atom stereocenters. The van der Waals surface area contributed by atoms with Gasteiger partial charge in [-0.1, -0.05) is 6.92 Å². The van der Waals surface area contributed by atoms with Gasteiger partial charge in [-0.05, 0) is 37.9 Å². The fourth-order valence-electron chi connectivity index (χ4n) is 2.12. The van der Waals surface area contributed by atoms with Crippen molar-refractivity contribution in [2.45, 2.75) is 49.1 Å². The summed E-state index contributed by atoms with van der Waals surface area (Å²) in [5, 5.41) is 3.27. The van der Waals surface area contributed by atoms with Gasteiger partial charge in [0.1, 0.15) is 4.21 Å². The van der Waals surface area contributed by atoms with E-state index >= 15 is 0 Å². The normalized spacial score (nSPS) is 22.7. The molecule has 0 spiro atoms. The lowest BCUT2D eigenvalue weighted by Gasteiger charge is -2.34. The number of sulfonamides is 1. The number of ether oxygens (including phenoxy) is 1. The van der Waals surface area contributed by atoms with E-state index in [0.717, 1.165) is 37.2 Å². The van der Waals surface area contributed by atoms with Crippen molar-refractivity contribution in [3.8, 4) is 0 Å². The minimum Gasteiger partial charge on any atom is -0.381 e. The number of hydrogen-bond acceptors (Lipinski definition) is 5. The summed E-state index contributed by atoms with van der Waals surface area (Å²) >= 11 is 1.33. The summed E-state index contributed by atoms with van der Waals surface area (Å²) in [4.78, 5) is 1.04. The minimum atomic E-state index is -3.38. The van der Waals surface area contributed by atoms with Gasteiger partial charge in [0.15, 0.2) is 0 Å². The van der Waals surface area contributed by atoms with Crippen LogP contribution in [-0.2, 0) is 21.3 Å². The highest BCUT2D eigenvalue weighted by molar-refractivity contribution is 7.91. The van der Waals surface area contributed by atoms with E-state index in [1.165, 1.54) is 11.3 Å². The van der Waals surface area contributed by atoms with Crippen LogP contribution < -0.4 is 10.0 Å². The molecule has 0 amide bonds. The molecule has 1 aromatic rings. The Kier molecular flexibility index (Phi) is 5.57. The van der Waals surface area contributed by atoms with Crippen LogP contribution in [0.15, 0.2) is 16.3 Å². The number of hydrogen-bond donors (Lipinski definition) is 2. The third-order valence-electron chi connectivity index (χ3n) is 3.38. The van der Waals surface area contributed by atoms with Crippen LogP contribution in [0, 0.1) is 0 Å². The summed E-state index contributed by atoms with van der Waals surface area (Å²) in [6.45, 7) is 3.77. The smallest absolute Gasteiger partial charge is 0.250 e. The number of nitrogens with one attached hydrogen (secondary N) is 2.